The first kappa shape index (κ1) is 19.3. The van der Waals surface area contributed by atoms with Gasteiger partial charge in [-0.25, -0.2) is 9.78 Å². The summed E-state index contributed by atoms with van der Waals surface area (Å²) in [5.74, 6) is 1.19. The largest absolute Gasteiger partial charge is 0.389 e. The molecule has 0 aromatic carbocycles. The van der Waals surface area contributed by atoms with Gasteiger partial charge in [0.25, 0.3) is 0 Å². The van der Waals surface area contributed by atoms with Crippen molar-refractivity contribution >= 4 is 31.1 Å². The molecule has 0 aromatic heterocycles. The standard InChI is InChI=1S/C4H11O5P.C4H10S2/c1-3-6-8-10(5)9-7-4-2;1-2-3-4-6-5/h5H,3-4H2,1-2H3;5H,2-4H2,1H3. The number of hydrogen-bond acceptors (Lipinski definition) is 7. The van der Waals surface area contributed by atoms with Gasteiger partial charge < -0.3 is 4.89 Å². The summed E-state index contributed by atoms with van der Waals surface area (Å²) < 4.78 is 8.53. The maximum Gasteiger partial charge on any atom is 0.389 e. The van der Waals surface area contributed by atoms with Crippen LogP contribution in [0, 0.1) is 0 Å². The minimum absolute atomic E-state index is 0.356. The molecule has 16 heavy (non-hydrogen) atoms. The van der Waals surface area contributed by atoms with Gasteiger partial charge in [-0.3, -0.25) is 0 Å². The Bertz CT molecular complexity index is 111. The van der Waals surface area contributed by atoms with Gasteiger partial charge in [-0.15, -0.1) is 11.7 Å². The normalized spacial score (nSPS) is 10.1. The van der Waals surface area contributed by atoms with E-state index in [-0.39, 0.29) is 0 Å². The molecule has 100 valence electrons. The third kappa shape index (κ3) is 20.4. The van der Waals surface area contributed by atoms with Crippen LogP contribution in [0.2, 0.25) is 0 Å². The molecule has 0 heterocycles. The number of unbranched alkanes of at least 4 members (excludes halogenated alkanes) is 1. The molecule has 0 aliphatic rings. The fraction of sp³-hybridized carbons (Fsp3) is 1.00. The summed E-state index contributed by atoms with van der Waals surface area (Å²) in [7, 11) is -0.416. The van der Waals surface area contributed by atoms with Gasteiger partial charge in [0.1, 0.15) is 0 Å². The van der Waals surface area contributed by atoms with Crippen LogP contribution in [0.1, 0.15) is 33.6 Å². The zero-order valence-electron chi connectivity index (χ0n) is 9.92. The van der Waals surface area contributed by atoms with E-state index in [0.29, 0.717) is 13.2 Å². The molecule has 0 unspecified atom stereocenters. The zero-order valence-corrected chi connectivity index (χ0v) is 12.5. The summed E-state index contributed by atoms with van der Waals surface area (Å²) in [6, 6.07) is 0. The van der Waals surface area contributed by atoms with Gasteiger partial charge in [-0.05, 0) is 20.3 Å². The minimum Gasteiger partial charge on any atom is -0.325 e. The Morgan fingerprint density at radius 3 is 1.88 bits per heavy atom. The maximum absolute atomic E-state index is 8.68. The molecule has 0 aliphatic carbocycles. The van der Waals surface area contributed by atoms with E-state index in [1.165, 1.54) is 18.6 Å². The lowest BCUT2D eigenvalue weighted by atomic mass is 10.4. The molecule has 1 N–H and O–H groups in total. The molecule has 5 nitrogen and oxygen atoms in total. The number of thiol groups is 1. The van der Waals surface area contributed by atoms with Crippen LogP contribution in [0.3, 0.4) is 0 Å². The Morgan fingerprint density at radius 1 is 1.12 bits per heavy atom. The summed E-state index contributed by atoms with van der Waals surface area (Å²) in [5, 5.41) is 0. The van der Waals surface area contributed by atoms with Crippen LogP contribution in [0.15, 0.2) is 0 Å². The van der Waals surface area contributed by atoms with Gasteiger partial charge in [0.2, 0.25) is 0 Å². The van der Waals surface area contributed by atoms with Gasteiger partial charge in [0.15, 0.2) is 0 Å². The van der Waals surface area contributed by atoms with Crippen LogP contribution in [0.5, 0.6) is 0 Å². The average molecular weight is 292 g/mol. The third-order valence-corrected chi connectivity index (χ3v) is 2.54. The topological polar surface area (TPSA) is 57.2 Å². The van der Waals surface area contributed by atoms with Gasteiger partial charge in [-0.1, -0.05) is 24.1 Å². The van der Waals surface area contributed by atoms with Crippen LogP contribution in [-0.2, 0) is 19.1 Å². The first-order valence-corrected chi connectivity index (χ1v) is 8.24. The Morgan fingerprint density at radius 2 is 1.62 bits per heavy atom. The van der Waals surface area contributed by atoms with E-state index in [1.807, 2.05) is 0 Å². The van der Waals surface area contributed by atoms with E-state index in [1.54, 1.807) is 24.6 Å². The van der Waals surface area contributed by atoms with Gasteiger partial charge in [0.05, 0.1) is 13.2 Å². The highest BCUT2D eigenvalue weighted by molar-refractivity contribution is 8.68. The molecule has 0 atom stereocenters. The zero-order chi connectivity index (χ0) is 12.6. The van der Waals surface area contributed by atoms with Crippen LogP contribution in [0.4, 0.5) is 0 Å². The molecule has 0 spiro atoms. The van der Waals surface area contributed by atoms with Crippen molar-refractivity contribution in [2.24, 2.45) is 0 Å². The van der Waals surface area contributed by atoms with Gasteiger partial charge in [-0.2, -0.15) is 9.35 Å². The molecule has 0 aromatic rings. The first-order chi connectivity index (χ1) is 7.72. The van der Waals surface area contributed by atoms with E-state index >= 15 is 0 Å². The molecule has 0 rings (SSSR count). The second kappa shape index (κ2) is 18.3. The highest BCUT2D eigenvalue weighted by atomic mass is 33.1. The molecule has 0 amide bonds. The minimum atomic E-state index is -2.04. The van der Waals surface area contributed by atoms with E-state index < -0.39 is 8.60 Å². The van der Waals surface area contributed by atoms with Crippen molar-refractivity contribution < 1.29 is 24.0 Å². The molecule has 0 saturated heterocycles. The van der Waals surface area contributed by atoms with E-state index in [0.717, 1.165) is 0 Å². The van der Waals surface area contributed by atoms with Crippen LogP contribution in [-0.4, -0.2) is 23.9 Å². The quantitative estimate of drug-likeness (QED) is 0.169. The molecule has 0 aliphatic heterocycles. The lowest BCUT2D eigenvalue weighted by molar-refractivity contribution is -0.263. The predicted octanol–water partition coefficient (Wildman–Crippen LogP) is 3.51. The Hall–Kier alpha value is 0.930. The van der Waals surface area contributed by atoms with Gasteiger partial charge in [0, 0.05) is 5.75 Å². The number of hydrogen-bond donors (Lipinski definition) is 2. The Kier molecular flexibility index (Phi) is 22.0. The molecule has 0 saturated carbocycles. The first-order valence-electron chi connectivity index (χ1n) is 5.07. The second-order valence-electron chi connectivity index (χ2n) is 2.39. The highest BCUT2D eigenvalue weighted by Crippen LogP contribution is 2.32. The number of rotatable bonds is 9. The lowest BCUT2D eigenvalue weighted by Crippen LogP contribution is -1.93. The van der Waals surface area contributed by atoms with E-state index in [9.17, 15) is 0 Å². The molecule has 0 fully saturated rings. The lowest BCUT2D eigenvalue weighted by Gasteiger charge is -2.05. The summed E-state index contributed by atoms with van der Waals surface area (Å²) in [4.78, 5) is 17.4. The Balaban J connectivity index is 0. The summed E-state index contributed by atoms with van der Waals surface area (Å²) in [6.07, 6.45) is 2.59. The molecule has 8 heteroatoms. The van der Waals surface area contributed by atoms with Crippen molar-refractivity contribution in [3.05, 3.63) is 0 Å². The van der Waals surface area contributed by atoms with E-state index in [4.69, 9.17) is 4.89 Å². The fourth-order valence-electron chi connectivity index (χ4n) is 0.417. The average Bonchev–Trinajstić information content (AvgIpc) is 2.32. The van der Waals surface area contributed by atoms with Crippen molar-refractivity contribution in [2.75, 3.05) is 19.0 Å². The molecule has 0 radical (unpaired) electrons. The predicted molar refractivity (Wildman–Crippen MR) is 70.9 cm³/mol. The van der Waals surface area contributed by atoms with Crippen molar-refractivity contribution in [1.82, 2.24) is 0 Å². The molecular weight excluding hydrogens is 271 g/mol. The molecule has 0 bridgehead atoms. The molecular formula is C8H21O5PS2. The van der Waals surface area contributed by atoms with Gasteiger partial charge >= 0.3 is 8.60 Å². The smallest absolute Gasteiger partial charge is 0.325 e. The maximum atomic E-state index is 8.68. The second-order valence-corrected chi connectivity index (χ2v) is 4.60. The fourth-order valence-corrected chi connectivity index (χ4v) is 1.64. The van der Waals surface area contributed by atoms with Crippen molar-refractivity contribution in [3.8, 4) is 0 Å². The van der Waals surface area contributed by atoms with Crippen LogP contribution in [0.25, 0.3) is 0 Å². The van der Waals surface area contributed by atoms with Crippen molar-refractivity contribution in [3.63, 3.8) is 0 Å². The highest BCUT2D eigenvalue weighted by Gasteiger charge is 2.07. The SMILES string of the molecule is CCCCSS.CCOOP(O)OOCC. The van der Waals surface area contributed by atoms with Crippen LogP contribution >= 0.6 is 31.1 Å². The van der Waals surface area contributed by atoms with Crippen LogP contribution < -0.4 is 0 Å². The van der Waals surface area contributed by atoms with Crippen molar-refractivity contribution in [2.45, 2.75) is 33.6 Å². The summed E-state index contributed by atoms with van der Waals surface area (Å²) in [6.45, 7) is 6.35. The van der Waals surface area contributed by atoms with E-state index in [2.05, 4.69) is 37.7 Å². The van der Waals surface area contributed by atoms with Crippen molar-refractivity contribution in [1.29, 1.82) is 0 Å². The summed E-state index contributed by atoms with van der Waals surface area (Å²) >= 11 is 3.97. The monoisotopic (exact) mass is 292 g/mol. The summed E-state index contributed by atoms with van der Waals surface area (Å²) in [5.41, 5.74) is 0. The Labute approximate surface area is 108 Å². The third-order valence-electron chi connectivity index (χ3n) is 1.06.